The van der Waals surface area contributed by atoms with Gasteiger partial charge in [-0.05, 0) is 12.1 Å². The van der Waals surface area contributed by atoms with Crippen LogP contribution in [0.15, 0.2) is 30.7 Å². The Morgan fingerprint density at radius 3 is 2.94 bits per heavy atom. The first-order chi connectivity index (χ1) is 8.15. The predicted octanol–water partition coefficient (Wildman–Crippen LogP) is 1.14. The average Bonchev–Trinajstić information content (AvgIpc) is 2.73. The Labute approximate surface area is 96.9 Å². The average molecular weight is 233 g/mol. The minimum Gasteiger partial charge on any atom is -0.481 e. The zero-order valence-electron chi connectivity index (χ0n) is 8.96. The van der Waals surface area contributed by atoms with Crippen molar-refractivity contribution in [3.05, 3.63) is 30.7 Å². The summed E-state index contributed by atoms with van der Waals surface area (Å²) in [6.45, 7) is 0. The highest BCUT2D eigenvalue weighted by molar-refractivity contribution is 5.92. The molecule has 6 heteroatoms. The smallest absolute Gasteiger partial charge is 0.303 e. The first kappa shape index (κ1) is 11.1. The van der Waals surface area contributed by atoms with Crippen molar-refractivity contribution in [2.24, 2.45) is 0 Å². The molecule has 2 aromatic rings. The first-order valence-electron chi connectivity index (χ1n) is 5.09. The van der Waals surface area contributed by atoms with Crippen molar-refractivity contribution < 1.29 is 14.7 Å². The molecule has 2 rings (SSSR count). The SMILES string of the molecule is O=C(O)CCC(=O)Nc1ccc2nccn2c1. The zero-order chi connectivity index (χ0) is 12.3. The number of aromatic nitrogens is 2. The summed E-state index contributed by atoms with van der Waals surface area (Å²) in [5.74, 6) is -1.29. The molecule has 0 fully saturated rings. The Morgan fingerprint density at radius 2 is 2.18 bits per heavy atom. The lowest BCUT2D eigenvalue weighted by Gasteiger charge is -2.04. The van der Waals surface area contributed by atoms with Gasteiger partial charge in [-0.3, -0.25) is 9.59 Å². The molecule has 0 aliphatic rings. The molecule has 0 aliphatic carbocycles. The molecule has 88 valence electrons. The summed E-state index contributed by atoms with van der Waals surface area (Å²) in [6.07, 6.45) is 4.95. The molecule has 0 bridgehead atoms. The van der Waals surface area contributed by atoms with E-state index in [0.717, 1.165) is 5.65 Å². The van der Waals surface area contributed by atoms with Crippen LogP contribution in [0.1, 0.15) is 12.8 Å². The molecule has 1 amide bonds. The number of imidazole rings is 1. The van der Waals surface area contributed by atoms with Crippen LogP contribution in [0.4, 0.5) is 5.69 Å². The normalized spacial score (nSPS) is 10.4. The van der Waals surface area contributed by atoms with Crippen LogP contribution in [-0.2, 0) is 9.59 Å². The van der Waals surface area contributed by atoms with Gasteiger partial charge >= 0.3 is 5.97 Å². The zero-order valence-corrected chi connectivity index (χ0v) is 8.96. The van der Waals surface area contributed by atoms with E-state index in [2.05, 4.69) is 10.3 Å². The second-order valence-corrected chi connectivity index (χ2v) is 3.55. The molecule has 0 saturated carbocycles. The minimum absolute atomic E-state index is 0.0305. The number of rotatable bonds is 4. The number of carboxylic acids is 1. The van der Waals surface area contributed by atoms with Crippen molar-refractivity contribution in [2.45, 2.75) is 12.8 Å². The van der Waals surface area contributed by atoms with E-state index in [-0.39, 0.29) is 18.7 Å². The summed E-state index contributed by atoms with van der Waals surface area (Å²) in [4.78, 5) is 25.8. The lowest BCUT2D eigenvalue weighted by atomic mass is 10.3. The van der Waals surface area contributed by atoms with Crippen LogP contribution in [0.25, 0.3) is 5.65 Å². The van der Waals surface area contributed by atoms with Gasteiger partial charge in [0.2, 0.25) is 5.91 Å². The van der Waals surface area contributed by atoms with E-state index in [1.807, 2.05) is 0 Å². The topological polar surface area (TPSA) is 83.7 Å². The number of carboxylic acid groups (broad SMARTS) is 1. The van der Waals surface area contributed by atoms with Gasteiger partial charge in [-0.1, -0.05) is 0 Å². The summed E-state index contributed by atoms with van der Waals surface area (Å²) in [5.41, 5.74) is 1.40. The third kappa shape index (κ3) is 2.81. The van der Waals surface area contributed by atoms with Crippen LogP contribution < -0.4 is 5.32 Å². The number of anilines is 1. The van der Waals surface area contributed by atoms with Gasteiger partial charge in [0.25, 0.3) is 0 Å². The fraction of sp³-hybridized carbons (Fsp3) is 0.182. The highest BCUT2D eigenvalue weighted by atomic mass is 16.4. The van der Waals surface area contributed by atoms with Crippen LogP contribution in [0.2, 0.25) is 0 Å². The molecule has 0 atom stereocenters. The largest absolute Gasteiger partial charge is 0.481 e. The number of fused-ring (bicyclic) bond motifs is 1. The van der Waals surface area contributed by atoms with Crippen LogP contribution in [0, 0.1) is 0 Å². The molecule has 0 saturated heterocycles. The van der Waals surface area contributed by atoms with Crippen molar-refractivity contribution >= 4 is 23.2 Å². The van der Waals surface area contributed by atoms with E-state index in [1.165, 1.54) is 0 Å². The van der Waals surface area contributed by atoms with Crippen LogP contribution >= 0.6 is 0 Å². The number of hydrogen-bond donors (Lipinski definition) is 2. The maximum absolute atomic E-state index is 11.4. The first-order valence-corrected chi connectivity index (χ1v) is 5.09. The fourth-order valence-corrected chi connectivity index (χ4v) is 1.44. The number of pyridine rings is 1. The minimum atomic E-state index is -0.981. The van der Waals surface area contributed by atoms with Gasteiger partial charge in [-0.2, -0.15) is 0 Å². The second kappa shape index (κ2) is 4.65. The third-order valence-corrected chi connectivity index (χ3v) is 2.24. The Morgan fingerprint density at radius 1 is 1.35 bits per heavy atom. The number of amides is 1. The molecule has 6 nitrogen and oxygen atoms in total. The van der Waals surface area contributed by atoms with E-state index in [9.17, 15) is 9.59 Å². The van der Waals surface area contributed by atoms with E-state index < -0.39 is 5.97 Å². The number of carbonyl (C=O) groups excluding carboxylic acids is 1. The Balaban J connectivity index is 2.02. The summed E-state index contributed by atoms with van der Waals surface area (Å²) in [7, 11) is 0. The standard InChI is InChI=1S/C11H11N3O3/c15-10(3-4-11(16)17)13-8-1-2-9-12-5-6-14(9)7-8/h1-2,5-7H,3-4H2,(H,13,15)(H,16,17). The number of nitrogens with one attached hydrogen (secondary N) is 1. The molecule has 2 aromatic heterocycles. The molecule has 0 spiro atoms. The summed E-state index contributed by atoms with van der Waals surface area (Å²) >= 11 is 0. The molecular formula is C11H11N3O3. The number of nitrogens with zero attached hydrogens (tertiary/aromatic N) is 2. The van der Waals surface area contributed by atoms with E-state index >= 15 is 0 Å². The summed E-state index contributed by atoms with van der Waals surface area (Å²) < 4.78 is 1.77. The summed E-state index contributed by atoms with van der Waals surface area (Å²) in [5, 5.41) is 11.1. The maximum Gasteiger partial charge on any atom is 0.303 e. The molecular weight excluding hydrogens is 222 g/mol. The maximum atomic E-state index is 11.4. The van der Waals surface area contributed by atoms with Crippen molar-refractivity contribution in [3.63, 3.8) is 0 Å². The highest BCUT2D eigenvalue weighted by Crippen LogP contribution is 2.10. The van der Waals surface area contributed by atoms with Gasteiger partial charge < -0.3 is 14.8 Å². The van der Waals surface area contributed by atoms with Crippen LogP contribution in [0.3, 0.4) is 0 Å². The third-order valence-electron chi connectivity index (χ3n) is 2.24. The molecule has 2 N–H and O–H groups in total. The molecule has 0 radical (unpaired) electrons. The van der Waals surface area contributed by atoms with Gasteiger partial charge in [-0.15, -0.1) is 0 Å². The van der Waals surface area contributed by atoms with Crippen molar-refractivity contribution in [2.75, 3.05) is 5.32 Å². The Bertz CT molecular complexity index is 562. The number of hydrogen-bond acceptors (Lipinski definition) is 3. The van der Waals surface area contributed by atoms with Crippen molar-refractivity contribution in [3.8, 4) is 0 Å². The van der Waals surface area contributed by atoms with Crippen molar-refractivity contribution in [1.29, 1.82) is 0 Å². The predicted molar refractivity (Wildman–Crippen MR) is 60.7 cm³/mol. The van der Waals surface area contributed by atoms with Crippen LogP contribution in [-0.4, -0.2) is 26.4 Å². The highest BCUT2D eigenvalue weighted by Gasteiger charge is 2.06. The molecule has 17 heavy (non-hydrogen) atoms. The monoisotopic (exact) mass is 233 g/mol. The van der Waals surface area contributed by atoms with E-state index in [0.29, 0.717) is 5.69 Å². The quantitative estimate of drug-likeness (QED) is 0.829. The number of carbonyl (C=O) groups is 2. The van der Waals surface area contributed by atoms with Crippen molar-refractivity contribution in [1.82, 2.24) is 9.38 Å². The molecule has 2 heterocycles. The van der Waals surface area contributed by atoms with Gasteiger partial charge in [-0.25, -0.2) is 4.98 Å². The van der Waals surface area contributed by atoms with Crippen LogP contribution in [0.5, 0.6) is 0 Å². The van der Waals surface area contributed by atoms with E-state index in [4.69, 9.17) is 5.11 Å². The molecule has 0 unspecified atom stereocenters. The van der Waals surface area contributed by atoms with Gasteiger partial charge in [0.15, 0.2) is 0 Å². The number of aliphatic carboxylic acids is 1. The fourth-order valence-electron chi connectivity index (χ4n) is 1.44. The van der Waals surface area contributed by atoms with Gasteiger partial charge in [0, 0.05) is 25.0 Å². The lowest BCUT2D eigenvalue weighted by Crippen LogP contribution is -2.13. The van der Waals surface area contributed by atoms with E-state index in [1.54, 1.807) is 35.1 Å². The van der Waals surface area contributed by atoms with Gasteiger partial charge in [0.1, 0.15) is 5.65 Å². The Kier molecular flexibility index (Phi) is 3.04. The second-order valence-electron chi connectivity index (χ2n) is 3.55. The summed E-state index contributed by atoms with van der Waals surface area (Å²) in [6, 6.07) is 3.49. The Hall–Kier alpha value is -2.37. The molecule has 0 aliphatic heterocycles. The van der Waals surface area contributed by atoms with Gasteiger partial charge in [0.05, 0.1) is 12.1 Å². The molecule has 0 aromatic carbocycles. The lowest BCUT2D eigenvalue weighted by molar-refractivity contribution is -0.138.